The average Bonchev–Trinajstić information content (AvgIpc) is 2.89. The van der Waals surface area contributed by atoms with E-state index in [1.54, 1.807) is 0 Å². The summed E-state index contributed by atoms with van der Waals surface area (Å²) in [6, 6.07) is 8.33. The van der Waals surface area contributed by atoms with E-state index >= 15 is 0 Å². The van der Waals surface area contributed by atoms with Crippen molar-refractivity contribution in [2.24, 2.45) is 10.9 Å². The Balaban J connectivity index is 0.00000288. The van der Waals surface area contributed by atoms with E-state index in [2.05, 4.69) is 40.7 Å². The van der Waals surface area contributed by atoms with Gasteiger partial charge in [0, 0.05) is 13.1 Å². The van der Waals surface area contributed by atoms with Crippen LogP contribution < -0.4 is 10.6 Å². The molecule has 24 heavy (non-hydrogen) atoms. The van der Waals surface area contributed by atoms with E-state index in [0.29, 0.717) is 18.8 Å². The molecule has 1 aliphatic rings. The zero-order valence-electron chi connectivity index (χ0n) is 14.4. The monoisotopic (exact) mass is 465 g/mol. The maximum atomic E-state index is 11.5. The van der Waals surface area contributed by atoms with Crippen LogP contribution in [0.15, 0.2) is 29.3 Å². The highest BCUT2D eigenvalue weighted by atomic mass is 127. The lowest BCUT2D eigenvalue weighted by Gasteiger charge is -2.14. The molecular weight excluding hydrogens is 437 g/mol. The first kappa shape index (κ1) is 21.2. The fraction of sp³-hybridized carbons (Fsp3) is 0.588. The number of hydrogen-bond donors (Lipinski definition) is 2. The molecule has 7 heteroatoms. The van der Waals surface area contributed by atoms with Crippen LogP contribution in [-0.2, 0) is 22.8 Å². The third-order valence-electron chi connectivity index (χ3n) is 4.14. The van der Waals surface area contributed by atoms with Crippen molar-refractivity contribution >= 4 is 39.8 Å². The van der Waals surface area contributed by atoms with E-state index in [-0.39, 0.29) is 35.6 Å². The number of sulfone groups is 1. The predicted molar refractivity (Wildman–Crippen MR) is 111 cm³/mol. The van der Waals surface area contributed by atoms with Crippen molar-refractivity contribution in [2.45, 2.75) is 33.2 Å². The quantitative estimate of drug-likeness (QED) is 0.385. The topological polar surface area (TPSA) is 70.6 Å². The van der Waals surface area contributed by atoms with Gasteiger partial charge in [0.2, 0.25) is 0 Å². The molecule has 1 saturated heterocycles. The van der Waals surface area contributed by atoms with Crippen molar-refractivity contribution < 1.29 is 8.42 Å². The highest BCUT2D eigenvalue weighted by Gasteiger charge is 2.27. The standard InChI is InChI=1S/C17H27N3O2S.HI/c1-3-15-7-5-6-8-16(15)12-20-17(18-4-2)19-11-14-9-10-23(21,22)13-14;/h5-8,14H,3-4,9-13H2,1-2H3,(H2,18,19,20);1H. The summed E-state index contributed by atoms with van der Waals surface area (Å²) in [7, 11) is -2.82. The molecule has 0 aromatic heterocycles. The Kier molecular flexibility index (Phi) is 9.04. The lowest BCUT2D eigenvalue weighted by atomic mass is 10.1. The number of aryl methyl sites for hydroxylation is 1. The molecule has 1 atom stereocenters. The normalized spacial score (nSPS) is 19.6. The van der Waals surface area contributed by atoms with Crippen molar-refractivity contribution in [3.63, 3.8) is 0 Å². The number of nitrogens with one attached hydrogen (secondary N) is 2. The van der Waals surface area contributed by atoms with E-state index < -0.39 is 9.84 Å². The van der Waals surface area contributed by atoms with E-state index in [9.17, 15) is 8.42 Å². The Morgan fingerprint density at radius 3 is 2.50 bits per heavy atom. The fourth-order valence-electron chi connectivity index (χ4n) is 2.84. The maximum Gasteiger partial charge on any atom is 0.191 e. The van der Waals surface area contributed by atoms with Gasteiger partial charge >= 0.3 is 0 Å². The third kappa shape index (κ3) is 6.58. The Bertz CT molecular complexity index is 647. The summed E-state index contributed by atoms with van der Waals surface area (Å²) in [4.78, 5) is 4.63. The second-order valence-corrected chi connectivity index (χ2v) is 8.20. The van der Waals surface area contributed by atoms with Crippen molar-refractivity contribution in [2.75, 3.05) is 24.6 Å². The van der Waals surface area contributed by atoms with Gasteiger partial charge in [0.05, 0.1) is 18.1 Å². The summed E-state index contributed by atoms with van der Waals surface area (Å²) in [5, 5.41) is 6.51. The molecule has 1 unspecified atom stereocenters. The molecule has 0 bridgehead atoms. The number of nitrogens with zero attached hydrogens (tertiary/aromatic N) is 1. The second kappa shape index (κ2) is 10.2. The molecule has 0 amide bonds. The molecule has 0 aliphatic carbocycles. The van der Waals surface area contributed by atoms with Crippen LogP contribution in [0.4, 0.5) is 0 Å². The summed E-state index contributed by atoms with van der Waals surface area (Å²) in [6.45, 7) is 6.23. The Hall–Kier alpha value is -0.830. The number of guanidine groups is 1. The molecule has 1 fully saturated rings. The molecular formula is C17H28IN3O2S. The van der Waals surface area contributed by atoms with Gasteiger partial charge in [-0.05, 0) is 36.8 Å². The van der Waals surface area contributed by atoms with Crippen LogP contribution >= 0.6 is 24.0 Å². The van der Waals surface area contributed by atoms with Gasteiger partial charge in [-0.15, -0.1) is 24.0 Å². The second-order valence-electron chi connectivity index (χ2n) is 5.97. The Labute approximate surface area is 162 Å². The van der Waals surface area contributed by atoms with Gasteiger partial charge in [-0.25, -0.2) is 13.4 Å². The number of hydrogen-bond acceptors (Lipinski definition) is 3. The first-order chi connectivity index (χ1) is 11.0. The van der Waals surface area contributed by atoms with Crippen LogP contribution in [-0.4, -0.2) is 39.0 Å². The molecule has 1 aromatic carbocycles. The number of rotatable bonds is 6. The van der Waals surface area contributed by atoms with Gasteiger partial charge in [-0.3, -0.25) is 0 Å². The summed E-state index contributed by atoms with van der Waals surface area (Å²) in [5.41, 5.74) is 2.55. The maximum absolute atomic E-state index is 11.5. The van der Waals surface area contributed by atoms with Crippen LogP contribution in [0.1, 0.15) is 31.4 Å². The average molecular weight is 465 g/mol. The molecule has 5 nitrogen and oxygen atoms in total. The zero-order chi connectivity index (χ0) is 16.7. The summed E-state index contributed by atoms with van der Waals surface area (Å²) in [6.07, 6.45) is 1.74. The molecule has 0 saturated carbocycles. The molecule has 0 spiro atoms. The summed E-state index contributed by atoms with van der Waals surface area (Å²) >= 11 is 0. The summed E-state index contributed by atoms with van der Waals surface area (Å²) in [5.74, 6) is 1.55. The molecule has 1 aliphatic heterocycles. The van der Waals surface area contributed by atoms with Gasteiger partial charge in [0.25, 0.3) is 0 Å². The minimum absolute atomic E-state index is 0. The molecule has 1 aromatic rings. The highest BCUT2D eigenvalue weighted by Crippen LogP contribution is 2.17. The van der Waals surface area contributed by atoms with Gasteiger partial charge in [0.1, 0.15) is 0 Å². The SMILES string of the molecule is CCNC(=NCc1ccccc1CC)NCC1CCS(=O)(=O)C1.I. The van der Waals surface area contributed by atoms with Gasteiger partial charge in [0.15, 0.2) is 15.8 Å². The predicted octanol–water partition coefficient (Wildman–Crippen LogP) is 2.36. The van der Waals surface area contributed by atoms with Gasteiger partial charge < -0.3 is 10.6 Å². The molecule has 0 radical (unpaired) electrons. The van der Waals surface area contributed by atoms with E-state index in [4.69, 9.17) is 0 Å². The van der Waals surface area contributed by atoms with Gasteiger partial charge in [-0.1, -0.05) is 31.2 Å². The number of aliphatic imine (C=N–C) groups is 1. The van der Waals surface area contributed by atoms with Gasteiger partial charge in [-0.2, -0.15) is 0 Å². The molecule has 136 valence electrons. The van der Waals surface area contributed by atoms with Crippen molar-refractivity contribution in [3.8, 4) is 0 Å². The first-order valence-electron chi connectivity index (χ1n) is 8.33. The van der Waals surface area contributed by atoms with E-state index in [1.807, 2.05) is 13.0 Å². The molecule has 2 rings (SSSR count). The smallest absolute Gasteiger partial charge is 0.191 e. The van der Waals surface area contributed by atoms with Crippen LogP contribution in [0.5, 0.6) is 0 Å². The lowest BCUT2D eigenvalue weighted by Crippen LogP contribution is -2.40. The van der Waals surface area contributed by atoms with Crippen LogP contribution in [0.3, 0.4) is 0 Å². The van der Waals surface area contributed by atoms with Crippen molar-refractivity contribution in [3.05, 3.63) is 35.4 Å². The lowest BCUT2D eigenvalue weighted by molar-refractivity contribution is 0.567. The summed E-state index contributed by atoms with van der Waals surface area (Å²) < 4.78 is 23.0. The third-order valence-corrected chi connectivity index (χ3v) is 5.97. The van der Waals surface area contributed by atoms with Crippen molar-refractivity contribution in [1.82, 2.24) is 10.6 Å². The first-order valence-corrected chi connectivity index (χ1v) is 10.2. The number of benzene rings is 1. The van der Waals surface area contributed by atoms with Crippen LogP contribution in [0, 0.1) is 5.92 Å². The van der Waals surface area contributed by atoms with E-state index in [1.165, 1.54) is 11.1 Å². The fourth-order valence-corrected chi connectivity index (χ4v) is 4.70. The van der Waals surface area contributed by atoms with Crippen LogP contribution in [0.25, 0.3) is 0 Å². The molecule has 1 heterocycles. The largest absolute Gasteiger partial charge is 0.357 e. The Morgan fingerprint density at radius 2 is 1.92 bits per heavy atom. The molecule has 2 N–H and O–H groups in total. The van der Waals surface area contributed by atoms with Crippen LogP contribution in [0.2, 0.25) is 0 Å². The minimum Gasteiger partial charge on any atom is -0.357 e. The Morgan fingerprint density at radius 1 is 1.21 bits per heavy atom. The number of halogens is 1. The van der Waals surface area contributed by atoms with E-state index in [0.717, 1.165) is 25.3 Å². The highest BCUT2D eigenvalue weighted by molar-refractivity contribution is 14.0. The zero-order valence-corrected chi connectivity index (χ0v) is 17.6. The minimum atomic E-state index is -2.82. The van der Waals surface area contributed by atoms with Crippen molar-refractivity contribution in [1.29, 1.82) is 0 Å².